The molecular weight excluding hydrogens is 192 g/mol. The van der Waals surface area contributed by atoms with Crippen molar-refractivity contribution in [3.63, 3.8) is 0 Å². The highest BCUT2D eigenvalue weighted by Gasteiger charge is 2.19. The van der Waals surface area contributed by atoms with Crippen LogP contribution in [0.3, 0.4) is 0 Å². The maximum absolute atomic E-state index is 9.72. The van der Waals surface area contributed by atoms with E-state index < -0.39 is 6.10 Å². The van der Waals surface area contributed by atoms with E-state index in [1.54, 1.807) is 6.92 Å². The summed E-state index contributed by atoms with van der Waals surface area (Å²) in [6.45, 7) is 5.71. The highest BCUT2D eigenvalue weighted by atomic mass is 16.3. The van der Waals surface area contributed by atoms with Gasteiger partial charge >= 0.3 is 0 Å². The van der Waals surface area contributed by atoms with Crippen LogP contribution in [0.1, 0.15) is 52.9 Å². The monoisotopic (exact) mass is 218 g/mol. The molecule has 0 saturated carbocycles. The van der Waals surface area contributed by atoms with Crippen LogP contribution in [0.25, 0.3) is 0 Å². The highest BCUT2D eigenvalue weighted by Crippen LogP contribution is 2.20. The number of hydrogen-bond donors (Lipinski definition) is 3. The van der Waals surface area contributed by atoms with Gasteiger partial charge in [0.1, 0.15) is 0 Å². The van der Waals surface area contributed by atoms with Gasteiger partial charge in [0.05, 0.1) is 18.3 Å². The molecule has 15 heavy (non-hydrogen) atoms. The third-order valence-electron chi connectivity index (χ3n) is 2.98. The van der Waals surface area contributed by atoms with Gasteiger partial charge in [-0.05, 0) is 38.5 Å². The fourth-order valence-corrected chi connectivity index (χ4v) is 1.83. The fraction of sp³-hybridized carbons (Fsp3) is 1.00. The van der Waals surface area contributed by atoms with Gasteiger partial charge in [-0.15, -0.1) is 0 Å². The van der Waals surface area contributed by atoms with E-state index >= 15 is 0 Å². The average molecular weight is 218 g/mol. The number of aliphatic hydroxyl groups excluding tert-OH is 3. The lowest BCUT2D eigenvalue weighted by Gasteiger charge is -2.23. The van der Waals surface area contributed by atoms with E-state index in [9.17, 15) is 10.2 Å². The Kier molecular flexibility index (Phi) is 8.02. The Morgan fingerprint density at radius 3 is 1.93 bits per heavy atom. The van der Waals surface area contributed by atoms with Crippen LogP contribution in [0.15, 0.2) is 0 Å². The van der Waals surface area contributed by atoms with Gasteiger partial charge in [-0.1, -0.05) is 20.3 Å². The van der Waals surface area contributed by atoms with Crippen LogP contribution in [0.2, 0.25) is 0 Å². The first-order valence-electron chi connectivity index (χ1n) is 6.05. The number of hydrogen-bond acceptors (Lipinski definition) is 3. The van der Waals surface area contributed by atoms with Crippen LogP contribution < -0.4 is 0 Å². The Morgan fingerprint density at radius 2 is 1.53 bits per heavy atom. The van der Waals surface area contributed by atoms with E-state index in [2.05, 4.69) is 0 Å². The molecule has 0 fully saturated rings. The van der Waals surface area contributed by atoms with Gasteiger partial charge in [0.15, 0.2) is 0 Å². The molecule has 3 N–H and O–H groups in total. The second-order valence-electron chi connectivity index (χ2n) is 4.46. The zero-order chi connectivity index (χ0) is 11.8. The Balaban J connectivity index is 3.85. The van der Waals surface area contributed by atoms with Crippen LogP contribution in [-0.2, 0) is 0 Å². The molecule has 0 amide bonds. The Labute approximate surface area is 93.1 Å². The highest BCUT2D eigenvalue weighted by molar-refractivity contribution is 4.71. The van der Waals surface area contributed by atoms with Gasteiger partial charge in [-0.25, -0.2) is 0 Å². The first-order valence-corrected chi connectivity index (χ1v) is 6.05. The molecule has 0 bridgehead atoms. The Morgan fingerprint density at radius 1 is 0.933 bits per heavy atom. The predicted octanol–water partition coefficient (Wildman–Crippen LogP) is 1.70. The molecule has 4 atom stereocenters. The first-order chi connectivity index (χ1) is 7.01. The fourth-order valence-electron chi connectivity index (χ4n) is 1.83. The molecule has 0 radical (unpaired) electrons. The van der Waals surface area contributed by atoms with Crippen molar-refractivity contribution in [3.05, 3.63) is 0 Å². The molecule has 0 spiro atoms. The van der Waals surface area contributed by atoms with Crippen LogP contribution in [0.4, 0.5) is 0 Å². The predicted molar refractivity (Wildman–Crippen MR) is 61.6 cm³/mol. The van der Waals surface area contributed by atoms with E-state index in [1.807, 2.05) is 13.8 Å². The Hall–Kier alpha value is -0.120. The summed E-state index contributed by atoms with van der Waals surface area (Å²) in [5.74, 6) is 0.180. The molecule has 4 unspecified atom stereocenters. The van der Waals surface area contributed by atoms with Crippen LogP contribution in [0.5, 0.6) is 0 Å². The number of aliphatic hydroxyl groups is 3. The molecule has 0 rings (SSSR count). The van der Waals surface area contributed by atoms with Gasteiger partial charge in [0.25, 0.3) is 0 Å². The second-order valence-corrected chi connectivity index (χ2v) is 4.46. The molecule has 0 saturated heterocycles. The van der Waals surface area contributed by atoms with E-state index in [0.29, 0.717) is 19.3 Å². The molecule has 0 aromatic heterocycles. The molecule has 0 aromatic rings. The van der Waals surface area contributed by atoms with Gasteiger partial charge < -0.3 is 15.3 Å². The quantitative estimate of drug-likeness (QED) is 0.581. The van der Waals surface area contributed by atoms with Crippen LogP contribution in [0, 0.1) is 5.92 Å². The van der Waals surface area contributed by atoms with Crippen molar-refractivity contribution >= 4 is 0 Å². The Bertz CT molecular complexity index is 148. The van der Waals surface area contributed by atoms with Gasteiger partial charge in [-0.3, -0.25) is 0 Å². The summed E-state index contributed by atoms with van der Waals surface area (Å²) in [7, 11) is 0. The van der Waals surface area contributed by atoms with Gasteiger partial charge in [0, 0.05) is 0 Å². The van der Waals surface area contributed by atoms with Crippen molar-refractivity contribution in [3.8, 4) is 0 Å². The minimum atomic E-state index is -0.397. The standard InChI is InChI=1S/C12H26O3/c1-4-10(12(15)5-2)8-11(14)7-6-9(3)13/h9-15H,4-8H2,1-3H3. The normalized spacial score (nSPS) is 19.6. The van der Waals surface area contributed by atoms with Crippen molar-refractivity contribution < 1.29 is 15.3 Å². The largest absolute Gasteiger partial charge is 0.393 e. The van der Waals surface area contributed by atoms with Crippen LogP contribution in [-0.4, -0.2) is 33.6 Å². The molecule has 0 aliphatic carbocycles. The third-order valence-corrected chi connectivity index (χ3v) is 2.98. The molecule has 3 heteroatoms. The topological polar surface area (TPSA) is 60.7 Å². The lowest BCUT2D eigenvalue weighted by atomic mass is 9.90. The van der Waals surface area contributed by atoms with E-state index in [0.717, 1.165) is 12.8 Å². The SMILES string of the molecule is CCC(O)C(CC)CC(O)CCC(C)O. The third kappa shape index (κ3) is 6.88. The van der Waals surface area contributed by atoms with Crippen molar-refractivity contribution in [2.45, 2.75) is 71.2 Å². The maximum Gasteiger partial charge on any atom is 0.0566 e. The lowest BCUT2D eigenvalue weighted by molar-refractivity contribution is 0.0476. The summed E-state index contributed by atoms with van der Waals surface area (Å²) < 4.78 is 0. The molecule has 92 valence electrons. The van der Waals surface area contributed by atoms with E-state index in [4.69, 9.17) is 5.11 Å². The zero-order valence-corrected chi connectivity index (χ0v) is 10.2. The minimum Gasteiger partial charge on any atom is -0.393 e. The lowest BCUT2D eigenvalue weighted by Crippen LogP contribution is -2.24. The first kappa shape index (κ1) is 14.9. The maximum atomic E-state index is 9.72. The summed E-state index contributed by atoms with van der Waals surface area (Å²) in [4.78, 5) is 0. The zero-order valence-electron chi connectivity index (χ0n) is 10.2. The molecule has 0 aromatic carbocycles. The summed E-state index contributed by atoms with van der Waals surface area (Å²) in [5.41, 5.74) is 0. The summed E-state index contributed by atoms with van der Waals surface area (Å²) >= 11 is 0. The summed E-state index contributed by atoms with van der Waals surface area (Å²) in [6.07, 6.45) is 2.45. The average Bonchev–Trinajstić information content (AvgIpc) is 2.21. The molecular formula is C12H26O3. The van der Waals surface area contributed by atoms with Crippen molar-refractivity contribution in [2.75, 3.05) is 0 Å². The number of rotatable bonds is 8. The summed E-state index contributed by atoms with van der Waals surface area (Å²) in [6, 6.07) is 0. The van der Waals surface area contributed by atoms with Gasteiger partial charge in [-0.2, -0.15) is 0 Å². The van der Waals surface area contributed by atoms with Crippen molar-refractivity contribution in [2.24, 2.45) is 5.92 Å². The second kappa shape index (κ2) is 8.08. The van der Waals surface area contributed by atoms with E-state index in [1.165, 1.54) is 0 Å². The summed E-state index contributed by atoms with van der Waals surface area (Å²) in [5, 5.41) is 28.5. The molecule has 0 aliphatic rings. The van der Waals surface area contributed by atoms with Crippen LogP contribution >= 0.6 is 0 Å². The molecule has 3 nitrogen and oxygen atoms in total. The van der Waals surface area contributed by atoms with Crippen molar-refractivity contribution in [1.29, 1.82) is 0 Å². The molecule has 0 aliphatic heterocycles. The smallest absolute Gasteiger partial charge is 0.0566 e. The van der Waals surface area contributed by atoms with Crippen molar-refractivity contribution in [1.82, 2.24) is 0 Å². The van der Waals surface area contributed by atoms with Gasteiger partial charge in [0.2, 0.25) is 0 Å². The minimum absolute atomic E-state index is 0.180. The van der Waals surface area contributed by atoms with E-state index in [-0.39, 0.29) is 18.1 Å². The molecule has 0 heterocycles.